The van der Waals surface area contributed by atoms with Gasteiger partial charge in [-0.3, -0.25) is 4.57 Å². The molecule has 2 atom stereocenters. The van der Waals surface area contributed by atoms with Crippen LogP contribution in [0, 0.1) is 0 Å². The summed E-state index contributed by atoms with van der Waals surface area (Å²) in [6.45, 7) is 3.65. The van der Waals surface area contributed by atoms with E-state index in [1.807, 2.05) is 44.3 Å². The first-order valence-corrected chi connectivity index (χ1v) is 6.93. The molecule has 0 aromatic heterocycles. The van der Waals surface area contributed by atoms with Crippen LogP contribution in [0.1, 0.15) is 18.5 Å². The quantitative estimate of drug-likeness (QED) is 0.740. The maximum absolute atomic E-state index is 12.0. The summed E-state index contributed by atoms with van der Waals surface area (Å²) in [4.78, 5) is 0. The first kappa shape index (κ1) is 12.4. The predicted molar refractivity (Wildman–Crippen MR) is 63.2 cm³/mol. The van der Waals surface area contributed by atoms with Gasteiger partial charge in [0.05, 0.1) is 0 Å². The molecular formula is C11H18NO2P. The Morgan fingerprint density at radius 2 is 1.87 bits per heavy atom. The third-order valence-electron chi connectivity index (χ3n) is 2.75. The minimum absolute atomic E-state index is 0.0852. The molecule has 0 spiro atoms. The third-order valence-corrected chi connectivity index (χ3v) is 4.92. The molecule has 0 aliphatic carbocycles. The molecule has 0 saturated heterocycles. The average Bonchev–Trinajstić information content (AvgIpc) is 2.28. The largest absolute Gasteiger partial charge is 0.321 e. The zero-order valence-corrected chi connectivity index (χ0v) is 10.6. The zero-order valence-electron chi connectivity index (χ0n) is 9.68. The summed E-state index contributed by atoms with van der Waals surface area (Å²) in [5.74, 6) is 0. The minimum atomic E-state index is -2.65. The van der Waals surface area contributed by atoms with E-state index in [-0.39, 0.29) is 6.04 Å². The number of hydrogen-bond donors (Lipinski definition) is 0. The number of nitrogens with zero attached hydrogens (tertiary/aromatic N) is 1. The first-order chi connectivity index (χ1) is 6.99. The van der Waals surface area contributed by atoms with Crippen LogP contribution < -0.4 is 0 Å². The van der Waals surface area contributed by atoms with Gasteiger partial charge in [0.2, 0.25) is 0 Å². The summed E-state index contributed by atoms with van der Waals surface area (Å²) in [5, 5.41) is 0. The van der Waals surface area contributed by atoms with Crippen LogP contribution >= 0.6 is 7.52 Å². The fraction of sp³-hybridized carbons (Fsp3) is 0.455. The van der Waals surface area contributed by atoms with Crippen LogP contribution in [0.15, 0.2) is 30.3 Å². The van der Waals surface area contributed by atoms with Gasteiger partial charge >= 0.3 is 0 Å². The molecule has 0 amide bonds. The Labute approximate surface area is 91.6 Å². The second-order valence-corrected chi connectivity index (χ2v) is 6.25. The van der Waals surface area contributed by atoms with Gasteiger partial charge in [-0.1, -0.05) is 30.3 Å². The Hall–Kier alpha value is -0.630. The zero-order chi connectivity index (χ0) is 11.5. The van der Waals surface area contributed by atoms with Crippen molar-refractivity contribution in [3.63, 3.8) is 0 Å². The lowest BCUT2D eigenvalue weighted by Gasteiger charge is -2.29. The van der Waals surface area contributed by atoms with Gasteiger partial charge in [-0.15, -0.1) is 0 Å². The van der Waals surface area contributed by atoms with Crippen molar-refractivity contribution >= 4 is 7.52 Å². The van der Waals surface area contributed by atoms with Gasteiger partial charge in [-0.05, 0) is 19.5 Å². The average molecular weight is 227 g/mol. The van der Waals surface area contributed by atoms with E-state index in [4.69, 9.17) is 4.52 Å². The highest BCUT2D eigenvalue weighted by Gasteiger charge is 2.26. The van der Waals surface area contributed by atoms with Crippen molar-refractivity contribution in [2.75, 3.05) is 20.8 Å². The third kappa shape index (κ3) is 2.91. The van der Waals surface area contributed by atoms with E-state index < -0.39 is 7.52 Å². The van der Waals surface area contributed by atoms with Gasteiger partial charge in [-0.25, -0.2) is 4.67 Å². The topological polar surface area (TPSA) is 29.5 Å². The molecule has 0 fully saturated rings. The number of benzene rings is 1. The lowest BCUT2D eigenvalue weighted by molar-refractivity contribution is 0.303. The van der Waals surface area contributed by atoms with Gasteiger partial charge in [0.1, 0.15) is 0 Å². The summed E-state index contributed by atoms with van der Waals surface area (Å²) in [6.07, 6.45) is 0. The second kappa shape index (κ2) is 4.93. The Balaban J connectivity index is 2.87. The Kier molecular flexibility index (Phi) is 4.09. The molecule has 4 heteroatoms. The van der Waals surface area contributed by atoms with Crippen LogP contribution in [0.2, 0.25) is 0 Å². The molecule has 0 bridgehead atoms. The van der Waals surface area contributed by atoms with Crippen molar-refractivity contribution in [1.82, 2.24) is 4.67 Å². The molecule has 1 aromatic rings. The molecular weight excluding hydrogens is 209 g/mol. The molecule has 1 rings (SSSR count). The highest BCUT2D eigenvalue weighted by molar-refractivity contribution is 7.55. The maximum atomic E-state index is 12.0. The van der Waals surface area contributed by atoms with Gasteiger partial charge < -0.3 is 4.52 Å². The highest BCUT2D eigenvalue weighted by Crippen LogP contribution is 2.49. The molecule has 0 aliphatic heterocycles. The first-order valence-electron chi connectivity index (χ1n) is 4.90. The standard InChI is InChI=1S/C11H18NO2P/c1-10(11-8-6-5-7-9-11)12(2)15(4,13)14-3/h5-10H,1-4H3/t10-,15?/m1/s1. The Morgan fingerprint density at radius 3 is 2.33 bits per heavy atom. The number of rotatable bonds is 4. The van der Waals surface area contributed by atoms with Gasteiger partial charge in [0, 0.05) is 19.8 Å². The molecule has 1 aromatic carbocycles. The van der Waals surface area contributed by atoms with Crippen molar-refractivity contribution < 1.29 is 9.09 Å². The van der Waals surface area contributed by atoms with E-state index in [0.717, 1.165) is 5.56 Å². The SMILES string of the molecule is COP(C)(=O)N(C)[C@H](C)c1ccccc1. The highest BCUT2D eigenvalue weighted by atomic mass is 31.2. The molecule has 0 heterocycles. The molecule has 3 nitrogen and oxygen atoms in total. The fourth-order valence-corrected chi connectivity index (χ4v) is 2.41. The van der Waals surface area contributed by atoms with Crippen molar-refractivity contribution in [2.45, 2.75) is 13.0 Å². The lowest BCUT2D eigenvalue weighted by Crippen LogP contribution is -2.19. The molecule has 0 radical (unpaired) electrons. The molecule has 0 saturated carbocycles. The maximum Gasteiger partial charge on any atom is 0.269 e. The molecule has 0 N–H and O–H groups in total. The lowest BCUT2D eigenvalue weighted by atomic mass is 10.1. The normalized spacial score (nSPS) is 17.4. The van der Waals surface area contributed by atoms with Crippen LogP contribution in [-0.2, 0) is 9.09 Å². The molecule has 15 heavy (non-hydrogen) atoms. The van der Waals surface area contributed by atoms with E-state index >= 15 is 0 Å². The van der Waals surface area contributed by atoms with Crippen LogP contribution in [0.3, 0.4) is 0 Å². The van der Waals surface area contributed by atoms with E-state index in [0.29, 0.717) is 0 Å². The van der Waals surface area contributed by atoms with E-state index in [9.17, 15) is 4.57 Å². The smallest absolute Gasteiger partial charge is 0.269 e. The van der Waals surface area contributed by atoms with Crippen LogP contribution in [-0.4, -0.2) is 25.5 Å². The molecule has 0 aliphatic rings. The summed E-state index contributed by atoms with van der Waals surface area (Å²) < 4.78 is 18.8. The Morgan fingerprint density at radius 1 is 1.33 bits per heavy atom. The number of hydrogen-bond acceptors (Lipinski definition) is 2. The van der Waals surface area contributed by atoms with Crippen molar-refractivity contribution in [3.8, 4) is 0 Å². The molecule has 84 valence electrons. The minimum Gasteiger partial charge on any atom is -0.321 e. The van der Waals surface area contributed by atoms with Gasteiger partial charge in [0.25, 0.3) is 7.52 Å². The summed E-state index contributed by atoms with van der Waals surface area (Å²) in [7, 11) is 0.650. The van der Waals surface area contributed by atoms with Crippen LogP contribution in [0.4, 0.5) is 0 Å². The van der Waals surface area contributed by atoms with Crippen LogP contribution in [0.5, 0.6) is 0 Å². The predicted octanol–water partition coefficient (Wildman–Crippen LogP) is 3.15. The Bertz CT molecular complexity index is 353. The van der Waals surface area contributed by atoms with Crippen molar-refractivity contribution in [2.24, 2.45) is 0 Å². The van der Waals surface area contributed by atoms with Crippen molar-refractivity contribution in [3.05, 3.63) is 35.9 Å². The monoisotopic (exact) mass is 227 g/mol. The van der Waals surface area contributed by atoms with Crippen LogP contribution in [0.25, 0.3) is 0 Å². The molecule has 1 unspecified atom stereocenters. The van der Waals surface area contributed by atoms with E-state index in [2.05, 4.69) is 0 Å². The van der Waals surface area contributed by atoms with Crippen molar-refractivity contribution in [1.29, 1.82) is 0 Å². The van der Waals surface area contributed by atoms with E-state index in [1.165, 1.54) is 7.11 Å². The van der Waals surface area contributed by atoms with E-state index in [1.54, 1.807) is 11.3 Å². The van der Waals surface area contributed by atoms with Gasteiger partial charge in [-0.2, -0.15) is 0 Å². The summed E-state index contributed by atoms with van der Waals surface area (Å²) in [6, 6.07) is 10.1. The van der Waals surface area contributed by atoms with Gasteiger partial charge in [0.15, 0.2) is 0 Å². The summed E-state index contributed by atoms with van der Waals surface area (Å²) >= 11 is 0. The second-order valence-electron chi connectivity index (χ2n) is 3.65. The fourth-order valence-electron chi connectivity index (χ4n) is 1.39. The summed E-state index contributed by atoms with van der Waals surface area (Å²) in [5.41, 5.74) is 1.14.